The summed E-state index contributed by atoms with van der Waals surface area (Å²) in [7, 11) is 0. The van der Waals surface area contributed by atoms with E-state index in [1.807, 2.05) is 36.7 Å². The Balaban J connectivity index is 1.25. The summed E-state index contributed by atoms with van der Waals surface area (Å²) in [6.07, 6.45) is 3.69. The van der Waals surface area contributed by atoms with Gasteiger partial charge in [0, 0.05) is 23.5 Å². The van der Waals surface area contributed by atoms with E-state index in [1.54, 1.807) is 0 Å². The van der Waals surface area contributed by atoms with Gasteiger partial charge in [-0.15, -0.1) is 0 Å². The lowest BCUT2D eigenvalue weighted by Gasteiger charge is -2.19. The van der Waals surface area contributed by atoms with Gasteiger partial charge in [0.25, 0.3) is 0 Å². The van der Waals surface area contributed by atoms with E-state index < -0.39 is 0 Å². The molecule has 0 bridgehead atoms. The van der Waals surface area contributed by atoms with E-state index in [1.165, 1.54) is 66.1 Å². The molecule has 0 saturated carbocycles. The number of aromatic nitrogens is 2. The van der Waals surface area contributed by atoms with E-state index in [2.05, 4.69) is 168 Å². The first-order valence-corrected chi connectivity index (χ1v) is 17.0. The van der Waals surface area contributed by atoms with Gasteiger partial charge in [0.05, 0.1) is 11.4 Å². The van der Waals surface area contributed by atoms with Crippen molar-refractivity contribution in [2.75, 3.05) is 0 Å². The van der Waals surface area contributed by atoms with Gasteiger partial charge in [-0.05, 0) is 96.4 Å². The van der Waals surface area contributed by atoms with Gasteiger partial charge in [0.15, 0.2) is 0 Å². The number of nitrogens with zero attached hydrogens (tertiary/aromatic N) is 2. The third-order valence-electron chi connectivity index (χ3n) is 9.62. The maximum Gasteiger partial charge on any atom is 0.0701 e. The molecule has 0 fully saturated rings. The van der Waals surface area contributed by atoms with Crippen molar-refractivity contribution in [3.63, 3.8) is 0 Å². The van der Waals surface area contributed by atoms with E-state index in [9.17, 15) is 0 Å². The minimum absolute atomic E-state index is 0.972. The van der Waals surface area contributed by atoms with Crippen LogP contribution in [0, 0.1) is 0 Å². The molecule has 234 valence electrons. The Labute approximate surface area is 292 Å². The fraction of sp³-hybridized carbons (Fsp3) is 0. The average Bonchev–Trinajstić information content (AvgIpc) is 3.21. The van der Waals surface area contributed by atoms with E-state index in [4.69, 9.17) is 0 Å². The van der Waals surface area contributed by atoms with Crippen molar-refractivity contribution in [2.45, 2.75) is 0 Å². The topological polar surface area (TPSA) is 25.8 Å². The number of hydrogen-bond donors (Lipinski definition) is 0. The van der Waals surface area contributed by atoms with Crippen LogP contribution in [0.2, 0.25) is 0 Å². The maximum atomic E-state index is 4.59. The number of fused-ring (bicyclic) bond motifs is 2. The van der Waals surface area contributed by atoms with Crippen LogP contribution in [-0.4, -0.2) is 9.97 Å². The fourth-order valence-electron chi connectivity index (χ4n) is 7.15. The first-order chi connectivity index (χ1) is 24.8. The number of benzene rings is 7. The molecule has 50 heavy (non-hydrogen) atoms. The van der Waals surface area contributed by atoms with Crippen LogP contribution in [0.25, 0.3) is 88.6 Å². The van der Waals surface area contributed by atoms with Crippen molar-refractivity contribution in [1.29, 1.82) is 0 Å². The Morgan fingerprint density at radius 1 is 0.240 bits per heavy atom. The molecular weight excluding hydrogens is 605 g/mol. The van der Waals surface area contributed by atoms with Crippen molar-refractivity contribution in [1.82, 2.24) is 9.97 Å². The normalized spacial score (nSPS) is 11.2. The predicted molar refractivity (Wildman–Crippen MR) is 210 cm³/mol. The zero-order chi connectivity index (χ0) is 33.3. The molecule has 7 aromatic carbocycles. The Morgan fingerprint density at radius 2 is 0.620 bits per heavy atom. The largest absolute Gasteiger partial charge is 0.256 e. The third kappa shape index (κ3) is 5.43. The Morgan fingerprint density at radius 3 is 1.14 bits per heavy atom. The van der Waals surface area contributed by atoms with Crippen molar-refractivity contribution in [2.24, 2.45) is 0 Å². The highest BCUT2D eigenvalue weighted by molar-refractivity contribution is 6.22. The first kappa shape index (κ1) is 29.5. The Bertz CT molecular complexity index is 2580. The molecule has 2 nitrogen and oxygen atoms in total. The van der Waals surface area contributed by atoms with Crippen molar-refractivity contribution in [3.8, 4) is 67.0 Å². The molecule has 0 aliphatic rings. The van der Waals surface area contributed by atoms with Crippen LogP contribution in [0.3, 0.4) is 0 Å². The lowest BCUT2D eigenvalue weighted by molar-refractivity contribution is 1.33. The van der Waals surface area contributed by atoms with Gasteiger partial charge < -0.3 is 0 Å². The van der Waals surface area contributed by atoms with Gasteiger partial charge in [-0.2, -0.15) is 0 Å². The van der Waals surface area contributed by atoms with Gasteiger partial charge in [-0.1, -0.05) is 152 Å². The lowest BCUT2D eigenvalue weighted by Crippen LogP contribution is -1.92. The standard InChI is InChI=1S/C48H32N2/c1-2-10-33(11-3-1)34-16-18-35(19-17-34)40-28-29-43-44(32-40)48(39-26-22-37(23-27-39)46-15-7-9-31-50-46)42-13-5-4-12-41(42)47(43)38-24-20-36(21-25-38)45-14-6-8-30-49-45/h1-32H. The highest BCUT2D eigenvalue weighted by Gasteiger charge is 2.18. The molecule has 0 N–H and O–H groups in total. The van der Waals surface area contributed by atoms with Crippen molar-refractivity contribution >= 4 is 21.5 Å². The van der Waals surface area contributed by atoms with Crippen LogP contribution in [-0.2, 0) is 0 Å². The fourth-order valence-corrected chi connectivity index (χ4v) is 7.15. The average molecular weight is 637 g/mol. The molecule has 2 heteroatoms. The van der Waals surface area contributed by atoms with E-state index >= 15 is 0 Å². The smallest absolute Gasteiger partial charge is 0.0701 e. The molecular formula is C48H32N2. The van der Waals surface area contributed by atoms with Crippen LogP contribution < -0.4 is 0 Å². The molecule has 0 aliphatic heterocycles. The molecule has 0 unspecified atom stereocenters. The van der Waals surface area contributed by atoms with E-state index in [0.717, 1.165) is 22.5 Å². The second-order valence-electron chi connectivity index (χ2n) is 12.6. The third-order valence-corrected chi connectivity index (χ3v) is 9.62. The molecule has 9 rings (SSSR count). The number of rotatable bonds is 6. The van der Waals surface area contributed by atoms with Gasteiger partial charge in [-0.25, -0.2) is 0 Å². The predicted octanol–water partition coefficient (Wildman–Crippen LogP) is 12.8. The molecule has 9 aromatic rings. The highest BCUT2D eigenvalue weighted by Crippen LogP contribution is 2.45. The van der Waals surface area contributed by atoms with E-state index in [-0.39, 0.29) is 0 Å². The monoisotopic (exact) mass is 636 g/mol. The summed E-state index contributed by atoms with van der Waals surface area (Å²) in [5.41, 5.74) is 13.8. The van der Waals surface area contributed by atoms with Crippen LogP contribution in [0.4, 0.5) is 0 Å². The minimum atomic E-state index is 0.972. The first-order valence-electron chi connectivity index (χ1n) is 17.0. The van der Waals surface area contributed by atoms with Gasteiger partial charge in [-0.3, -0.25) is 9.97 Å². The molecule has 0 radical (unpaired) electrons. The highest BCUT2D eigenvalue weighted by atomic mass is 14.7. The van der Waals surface area contributed by atoms with E-state index in [0.29, 0.717) is 0 Å². The number of pyridine rings is 2. The minimum Gasteiger partial charge on any atom is -0.256 e. The summed E-state index contributed by atoms with van der Waals surface area (Å²) in [5, 5.41) is 4.91. The van der Waals surface area contributed by atoms with Gasteiger partial charge in [0.1, 0.15) is 0 Å². The van der Waals surface area contributed by atoms with Crippen LogP contribution >= 0.6 is 0 Å². The van der Waals surface area contributed by atoms with Gasteiger partial charge in [0.2, 0.25) is 0 Å². The second-order valence-corrected chi connectivity index (χ2v) is 12.6. The summed E-state index contributed by atoms with van der Waals surface area (Å²) in [6.45, 7) is 0. The van der Waals surface area contributed by atoms with Crippen LogP contribution in [0.5, 0.6) is 0 Å². The van der Waals surface area contributed by atoms with Crippen LogP contribution in [0.1, 0.15) is 0 Å². The molecule has 0 spiro atoms. The summed E-state index contributed by atoms with van der Waals surface area (Å²) in [5.74, 6) is 0. The van der Waals surface area contributed by atoms with Gasteiger partial charge >= 0.3 is 0 Å². The summed E-state index contributed by atoms with van der Waals surface area (Å²) in [6, 6.07) is 65.1. The van der Waals surface area contributed by atoms with Crippen molar-refractivity contribution < 1.29 is 0 Å². The summed E-state index contributed by atoms with van der Waals surface area (Å²) < 4.78 is 0. The van der Waals surface area contributed by atoms with Crippen LogP contribution in [0.15, 0.2) is 194 Å². The molecule has 0 amide bonds. The van der Waals surface area contributed by atoms with Crippen molar-refractivity contribution in [3.05, 3.63) is 194 Å². The quantitative estimate of drug-likeness (QED) is 0.170. The molecule has 0 atom stereocenters. The molecule has 0 saturated heterocycles. The molecule has 0 aliphatic carbocycles. The second kappa shape index (κ2) is 12.8. The SMILES string of the molecule is c1ccc(-c2ccc(-c3ccc4c(-c5ccc(-c6ccccn6)cc5)c5ccccc5c(-c5ccc(-c6ccccn6)cc5)c4c3)cc2)cc1. The lowest BCUT2D eigenvalue weighted by atomic mass is 9.84. The zero-order valence-electron chi connectivity index (χ0n) is 27.4. The summed E-state index contributed by atoms with van der Waals surface area (Å²) >= 11 is 0. The molecule has 2 heterocycles. The summed E-state index contributed by atoms with van der Waals surface area (Å²) in [4.78, 5) is 9.17. The Hall–Kier alpha value is -6.64. The zero-order valence-corrected chi connectivity index (χ0v) is 27.4. The molecule has 2 aromatic heterocycles. The number of hydrogen-bond acceptors (Lipinski definition) is 2. The Kier molecular flexibility index (Phi) is 7.53. The maximum absolute atomic E-state index is 4.59.